The Balaban J connectivity index is 2.03. The molecular formula is C13H16N4OS. The summed E-state index contributed by atoms with van der Waals surface area (Å²) in [5.74, 6) is -0.121. The fourth-order valence-corrected chi connectivity index (χ4v) is 2.29. The molecule has 0 saturated carbocycles. The summed E-state index contributed by atoms with van der Waals surface area (Å²) in [4.78, 5) is 20.4. The molecule has 0 saturated heterocycles. The Morgan fingerprint density at radius 3 is 3.00 bits per heavy atom. The second kappa shape index (κ2) is 6.29. The molecule has 0 aromatic carbocycles. The largest absolute Gasteiger partial charge is 0.383 e. The molecule has 2 aromatic rings. The maximum atomic E-state index is 12.1. The lowest BCUT2D eigenvalue weighted by Crippen LogP contribution is -2.24. The highest BCUT2D eigenvalue weighted by molar-refractivity contribution is 7.09. The van der Waals surface area contributed by atoms with Gasteiger partial charge in [0.05, 0.1) is 34.7 Å². The summed E-state index contributed by atoms with van der Waals surface area (Å²) >= 11 is 1.58. The second-order valence-electron chi connectivity index (χ2n) is 3.99. The average Bonchev–Trinajstić information content (AvgIpc) is 2.83. The first-order valence-electron chi connectivity index (χ1n) is 6.07. The molecule has 0 spiro atoms. The van der Waals surface area contributed by atoms with Gasteiger partial charge < -0.3 is 10.6 Å². The molecule has 6 heteroatoms. The van der Waals surface area contributed by atoms with Crippen LogP contribution in [0.25, 0.3) is 0 Å². The van der Waals surface area contributed by atoms with Crippen molar-refractivity contribution in [3.8, 4) is 0 Å². The number of hydrogen-bond acceptors (Lipinski definition) is 5. The number of thiazole rings is 1. The van der Waals surface area contributed by atoms with Crippen LogP contribution in [0.15, 0.2) is 23.8 Å². The van der Waals surface area contributed by atoms with Gasteiger partial charge in [0, 0.05) is 18.1 Å². The number of hydrogen-bond donors (Lipinski definition) is 2. The molecule has 0 radical (unpaired) electrons. The van der Waals surface area contributed by atoms with Crippen molar-refractivity contribution in [1.29, 1.82) is 0 Å². The van der Waals surface area contributed by atoms with E-state index in [4.69, 9.17) is 0 Å². The van der Waals surface area contributed by atoms with Crippen LogP contribution in [-0.4, -0.2) is 22.4 Å². The molecule has 0 aliphatic heterocycles. The number of amides is 1. The summed E-state index contributed by atoms with van der Waals surface area (Å²) in [6, 6.07) is 1.71. The molecule has 2 aromatic heterocycles. The fraction of sp³-hybridized carbons (Fsp3) is 0.308. The molecule has 19 heavy (non-hydrogen) atoms. The van der Waals surface area contributed by atoms with E-state index in [9.17, 15) is 4.79 Å². The molecule has 1 amide bonds. The third-order valence-corrected chi connectivity index (χ3v) is 3.35. The minimum atomic E-state index is -0.121. The van der Waals surface area contributed by atoms with E-state index in [-0.39, 0.29) is 5.91 Å². The van der Waals surface area contributed by atoms with E-state index in [1.54, 1.807) is 29.8 Å². The molecule has 2 rings (SSSR count). The van der Waals surface area contributed by atoms with Gasteiger partial charge >= 0.3 is 0 Å². The second-order valence-corrected chi connectivity index (χ2v) is 5.05. The fourth-order valence-electron chi connectivity index (χ4n) is 1.68. The summed E-state index contributed by atoms with van der Waals surface area (Å²) in [5, 5.41) is 8.94. The number of nitrogens with zero attached hydrogens (tertiary/aromatic N) is 2. The molecule has 0 aliphatic rings. The number of nitrogens with one attached hydrogen (secondary N) is 2. The minimum Gasteiger partial charge on any atom is -0.383 e. The molecule has 100 valence electrons. The van der Waals surface area contributed by atoms with E-state index in [0.717, 1.165) is 22.9 Å². The lowest BCUT2D eigenvalue weighted by molar-refractivity contribution is 0.0951. The number of rotatable bonds is 5. The number of anilines is 1. The van der Waals surface area contributed by atoms with Gasteiger partial charge in [-0.25, -0.2) is 4.98 Å². The van der Waals surface area contributed by atoms with Crippen LogP contribution in [0.1, 0.15) is 28.0 Å². The topological polar surface area (TPSA) is 66.9 Å². The summed E-state index contributed by atoms with van der Waals surface area (Å²) in [7, 11) is 0. The quantitative estimate of drug-likeness (QED) is 0.878. The molecule has 0 aliphatic carbocycles. The van der Waals surface area contributed by atoms with Gasteiger partial charge in [0.2, 0.25) is 0 Å². The van der Waals surface area contributed by atoms with Crippen molar-refractivity contribution in [2.45, 2.75) is 20.4 Å². The normalized spacial score (nSPS) is 10.2. The summed E-state index contributed by atoms with van der Waals surface area (Å²) in [6.07, 6.45) is 3.27. The Hall–Kier alpha value is -1.95. The van der Waals surface area contributed by atoms with Gasteiger partial charge in [0.15, 0.2) is 0 Å². The molecule has 0 atom stereocenters. The van der Waals surface area contributed by atoms with Gasteiger partial charge in [-0.2, -0.15) is 0 Å². The summed E-state index contributed by atoms with van der Waals surface area (Å²) < 4.78 is 0. The number of carbonyl (C=O) groups is 1. The van der Waals surface area contributed by atoms with Crippen molar-refractivity contribution in [2.75, 3.05) is 11.9 Å². The van der Waals surface area contributed by atoms with Gasteiger partial charge in [-0.3, -0.25) is 9.78 Å². The zero-order valence-electron chi connectivity index (χ0n) is 10.9. The van der Waals surface area contributed by atoms with Gasteiger partial charge in [0.25, 0.3) is 5.91 Å². The average molecular weight is 276 g/mol. The van der Waals surface area contributed by atoms with Crippen LogP contribution in [0.2, 0.25) is 0 Å². The smallest absolute Gasteiger partial charge is 0.253 e. The standard InChI is InChI=1S/C13H16N4OS/c1-3-15-12-7-14-5-4-11(12)13(18)16-6-10-8-19-9(2)17-10/h4-5,7-8,15H,3,6H2,1-2H3,(H,16,18). The van der Waals surface area contributed by atoms with Crippen LogP contribution in [0.3, 0.4) is 0 Å². The van der Waals surface area contributed by atoms with Crippen molar-refractivity contribution in [1.82, 2.24) is 15.3 Å². The first-order valence-corrected chi connectivity index (χ1v) is 6.95. The monoisotopic (exact) mass is 276 g/mol. The highest BCUT2D eigenvalue weighted by Crippen LogP contribution is 2.13. The highest BCUT2D eigenvalue weighted by atomic mass is 32.1. The Bertz CT molecular complexity index is 567. The SMILES string of the molecule is CCNc1cnccc1C(=O)NCc1csc(C)n1. The van der Waals surface area contributed by atoms with Gasteiger partial charge in [0.1, 0.15) is 0 Å². The molecule has 0 fully saturated rings. The zero-order chi connectivity index (χ0) is 13.7. The Morgan fingerprint density at radius 2 is 2.32 bits per heavy atom. The minimum absolute atomic E-state index is 0.121. The van der Waals surface area contributed by atoms with Crippen molar-refractivity contribution < 1.29 is 4.79 Å². The molecule has 2 N–H and O–H groups in total. The van der Waals surface area contributed by atoms with Crippen molar-refractivity contribution in [2.24, 2.45) is 0 Å². The van der Waals surface area contributed by atoms with Gasteiger partial charge in [-0.05, 0) is 19.9 Å². The van der Waals surface area contributed by atoms with E-state index >= 15 is 0 Å². The number of carbonyl (C=O) groups excluding carboxylic acids is 1. The van der Waals surface area contributed by atoms with Gasteiger partial charge in [-0.15, -0.1) is 11.3 Å². The van der Waals surface area contributed by atoms with Crippen LogP contribution in [0, 0.1) is 6.92 Å². The summed E-state index contributed by atoms with van der Waals surface area (Å²) in [5.41, 5.74) is 2.23. The van der Waals surface area contributed by atoms with Crippen LogP contribution in [0.5, 0.6) is 0 Å². The molecule has 0 unspecified atom stereocenters. The lowest BCUT2D eigenvalue weighted by atomic mass is 10.2. The Morgan fingerprint density at radius 1 is 1.47 bits per heavy atom. The van der Waals surface area contributed by atoms with Crippen LogP contribution < -0.4 is 10.6 Å². The van der Waals surface area contributed by atoms with E-state index in [1.807, 2.05) is 19.2 Å². The van der Waals surface area contributed by atoms with E-state index in [2.05, 4.69) is 20.6 Å². The molecule has 2 heterocycles. The lowest BCUT2D eigenvalue weighted by Gasteiger charge is -2.09. The molecule has 0 bridgehead atoms. The number of pyridine rings is 1. The Labute approximate surface area is 116 Å². The first kappa shape index (κ1) is 13.5. The van der Waals surface area contributed by atoms with Crippen LogP contribution in [0.4, 0.5) is 5.69 Å². The number of aromatic nitrogens is 2. The predicted molar refractivity (Wildman–Crippen MR) is 76.4 cm³/mol. The van der Waals surface area contributed by atoms with E-state index < -0.39 is 0 Å². The van der Waals surface area contributed by atoms with Crippen LogP contribution >= 0.6 is 11.3 Å². The predicted octanol–water partition coefficient (Wildman–Crippen LogP) is 2.21. The maximum Gasteiger partial charge on any atom is 0.253 e. The van der Waals surface area contributed by atoms with Crippen LogP contribution in [-0.2, 0) is 6.54 Å². The summed E-state index contributed by atoms with van der Waals surface area (Å²) in [6.45, 7) is 5.11. The third kappa shape index (κ3) is 3.51. The zero-order valence-corrected chi connectivity index (χ0v) is 11.8. The van der Waals surface area contributed by atoms with Crippen molar-refractivity contribution in [3.05, 3.63) is 40.1 Å². The first-order chi connectivity index (χ1) is 9.20. The van der Waals surface area contributed by atoms with E-state index in [0.29, 0.717) is 12.1 Å². The Kier molecular flexibility index (Phi) is 4.46. The molecular weight excluding hydrogens is 260 g/mol. The van der Waals surface area contributed by atoms with Crippen molar-refractivity contribution in [3.63, 3.8) is 0 Å². The van der Waals surface area contributed by atoms with Gasteiger partial charge in [-0.1, -0.05) is 0 Å². The maximum absolute atomic E-state index is 12.1. The number of aryl methyl sites for hydroxylation is 1. The molecule has 5 nitrogen and oxygen atoms in total. The third-order valence-electron chi connectivity index (χ3n) is 2.53. The van der Waals surface area contributed by atoms with E-state index in [1.165, 1.54) is 0 Å². The highest BCUT2D eigenvalue weighted by Gasteiger charge is 2.11. The van der Waals surface area contributed by atoms with Crippen molar-refractivity contribution >= 4 is 22.9 Å².